The van der Waals surface area contributed by atoms with E-state index >= 15 is 0 Å². The molecular weight excluding hydrogens is 211 g/mol. The van der Waals surface area contributed by atoms with Crippen molar-refractivity contribution in [2.75, 3.05) is 0 Å². The van der Waals surface area contributed by atoms with Gasteiger partial charge in [0.05, 0.1) is 0 Å². The molecule has 1 aromatic rings. The van der Waals surface area contributed by atoms with Crippen LogP contribution in [0.1, 0.15) is 6.92 Å². The van der Waals surface area contributed by atoms with Crippen molar-refractivity contribution in [3.8, 4) is 5.75 Å². The van der Waals surface area contributed by atoms with Crippen LogP contribution in [-0.4, -0.2) is 11.7 Å². The van der Waals surface area contributed by atoms with Crippen LogP contribution in [0.5, 0.6) is 5.75 Å². The zero-order chi connectivity index (χ0) is 10.6. The Kier molecular flexibility index (Phi) is 3.71. The number of rotatable bonds is 2. The van der Waals surface area contributed by atoms with Crippen LogP contribution < -0.4 is 4.74 Å². The van der Waals surface area contributed by atoms with Gasteiger partial charge >= 0.3 is 6.16 Å². The second-order valence-corrected chi connectivity index (χ2v) is 3.08. The molecule has 0 unspecified atom stereocenters. The Morgan fingerprint density at radius 1 is 1.57 bits per heavy atom. The molecule has 0 N–H and O–H groups in total. The molecule has 0 fully saturated rings. The summed E-state index contributed by atoms with van der Waals surface area (Å²) in [6, 6.07) is 5.16. The molecule has 0 aliphatic carbocycles. The molecular formula is C9H8ClFO3. The highest BCUT2D eigenvalue weighted by Crippen LogP contribution is 2.13. The van der Waals surface area contributed by atoms with Gasteiger partial charge in [0.1, 0.15) is 11.6 Å². The fraction of sp³-hybridized carbons (Fsp3) is 0.222. The molecule has 0 aliphatic heterocycles. The van der Waals surface area contributed by atoms with E-state index in [-0.39, 0.29) is 5.75 Å². The second-order valence-electron chi connectivity index (χ2n) is 2.47. The van der Waals surface area contributed by atoms with Gasteiger partial charge < -0.3 is 9.47 Å². The Labute approximate surface area is 85.4 Å². The van der Waals surface area contributed by atoms with Crippen LogP contribution in [0.3, 0.4) is 0 Å². The average Bonchev–Trinajstić information content (AvgIpc) is 2.01. The number of carbonyl (C=O) groups excluding carboxylic acids is 1. The predicted molar refractivity (Wildman–Crippen MR) is 48.8 cm³/mol. The SMILES string of the molecule is C[C@@H](Cl)OC(=O)Oc1cccc(F)c1. The molecule has 0 saturated heterocycles. The summed E-state index contributed by atoms with van der Waals surface area (Å²) in [7, 11) is 0. The fourth-order valence-corrected chi connectivity index (χ4v) is 0.856. The molecule has 3 nitrogen and oxygen atoms in total. The third-order valence-electron chi connectivity index (χ3n) is 1.26. The maximum atomic E-state index is 12.6. The van der Waals surface area contributed by atoms with Gasteiger partial charge in [-0.15, -0.1) is 0 Å². The lowest BCUT2D eigenvalue weighted by Gasteiger charge is -2.06. The molecule has 5 heteroatoms. The lowest BCUT2D eigenvalue weighted by Crippen LogP contribution is -2.14. The predicted octanol–water partition coefficient (Wildman–Crippen LogP) is 2.93. The van der Waals surface area contributed by atoms with E-state index in [1.54, 1.807) is 0 Å². The molecule has 14 heavy (non-hydrogen) atoms. The highest BCUT2D eigenvalue weighted by Gasteiger charge is 2.09. The van der Waals surface area contributed by atoms with Crippen molar-refractivity contribution in [1.82, 2.24) is 0 Å². The number of benzene rings is 1. The van der Waals surface area contributed by atoms with Crippen LogP contribution in [0.2, 0.25) is 0 Å². The largest absolute Gasteiger partial charge is 0.515 e. The van der Waals surface area contributed by atoms with E-state index in [2.05, 4.69) is 9.47 Å². The molecule has 0 spiro atoms. The summed E-state index contributed by atoms with van der Waals surface area (Å²) >= 11 is 5.37. The van der Waals surface area contributed by atoms with Crippen LogP contribution in [0, 0.1) is 5.82 Å². The number of ether oxygens (including phenoxy) is 2. The first-order valence-electron chi connectivity index (χ1n) is 3.86. The minimum Gasteiger partial charge on any atom is -0.415 e. The molecule has 0 heterocycles. The summed E-state index contributed by atoms with van der Waals surface area (Å²) in [5.41, 5.74) is -0.781. The molecule has 0 radical (unpaired) electrons. The standard InChI is InChI=1S/C9H8ClFO3/c1-6(10)13-9(12)14-8-4-2-3-7(11)5-8/h2-6H,1H3/t6-/m0/s1. The first-order valence-corrected chi connectivity index (χ1v) is 4.29. The minimum atomic E-state index is -0.960. The van der Waals surface area contributed by atoms with Crippen molar-refractivity contribution < 1.29 is 18.7 Å². The number of halogens is 2. The Bertz CT molecular complexity index is 328. The molecule has 0 bridgehead atoms. The van der Waals surface area contributed by atoms with Crippen LogP contribution in [0.15, 0.2) is 24.3 Å². The Hall–Kier alpha value is -1.29. The van der Waals surface area contributed by atoms with E-state index in [9.17, 15) is 9.18 Å². The third kappa shape index (κ3) is 3.62. The van der Waals surface area contributed by atoms with E-state index in [1.165, 1.54) is 25.1 Å². The van der Waals surface area contributed by atoms with Gasteiger partial charge in [-0.3, -0.25) is 0 Å². The number of hydrogen-bond donors (Lipinski definition) is 0. The Morgan fingerprint density at radius 2 is 2.29 bits per heavy atom. The van der Waals surface area contributed by atoms with Crippen LogP contribution in [0.25, 0.3) is 0 Å². The second kappa shape index (κ2) is 4.81. The molecule has 1 atom stereocenters. The number of hydrogen-bond acceptors (Lipinski definition) is 3. The normalized spacial score (nSPS) is 11.9. The number of alkyl halides is 1. The van der Waals surface area contributed by atoms with Crippen molar-refractivity contribution in [3.63, 3.8) is 0 Å². The van der Waals surface area contributed by atoms with Gasteiger partial charge in [-0.05, 0) is 19.1 Å². The van der Waals surface area contributed by atoms with Crippen LogP contribution in [0.4, 0.5) is 9.18 Å². The van der Waals surface area contributed by atoms with Crippen molar-refractivity contribution in [2.45, 2.75) is 12.5 Å². The van der Waals surface area contributed by atoms with E-state index in [0.29, 0.717) is 0 Å². The zero-order valence-corrected chi connectivity index (χ0v) is 8.12. The highest BCUT2D eigenvalue weighted by atomic mass is 35.5. The smallest absolute Gasteiger partial charge is 0.415 e. The molecule has 1 rings (SSSR count). The molecule has 0 saturated carbocycles. The topological polar surface area (TPSA) is 35.5 Å². The fourth-order valence-electron chi connectivity index (χ4n) is 0.783. The van der Waals surface area contributed by atoms with E-state index in [4.69, 9.17) is 11.6 Å². The summed E-state index contributed by atoms with van der Waals surface area (Å²) in [4.78, 5) is 10.9. The maximum absolute atomic E-state index is 12.6. The lowest BCUT2D eigenvalue weighted by molar-refractivity contribution is 0.0923. The third-order valence-corrected chi connectivity index (χ3v) is 1.34. The first-order chi connectivity index (χ1) is 6.58. The van der Waals surface area contributed by atoms with Gasteiger partial charge in [-0.2, -0.15) is 0 Å². The molecule has 0 amide bonds. The van der Waals surface area contributed by atoms with E-state index in [0.717, 1.165) is 6.07 Å². The number of carbonyl (C=O) groups is 1. The quantitative estimate of drug-likeness (QED) is 0.435. The Morgan fingerprint density at radius 3 is 2.86 bits per heavy atom. The first kappa shape index (κ1) is 10.8. The molecule has 0 aliphatic rings. The maximum Gasteiger partial charge on any atom is 0.515 e. The molecule has 76 valence electrons. The summed E-state index contributed by atoms with van der Waals surface area (Å²) in [5.74, 6) is -0.415. The Balaban J connectivity index is 2.56. The summed E-state index contributed by atoms with van der Waals surface area (Å²) in [6.07, 6.45) is -0.960. The summed E-state index contributed by atoms with van der Waals surface area (Å²) in [5, 5.41) is 0. The van der Waals surface area contributed by atoms with Crippen molar-refractivity contribution >= 4 is 17.8 Å². The van der Waals surface area contributed by atoms with Crippen molar-refractivity contribution in [1.29, 1.82) is 0 Å². The van der Waals surface area contributed by atoms with Crippen molar-refractivity contribution in [3.05, 3.63) is 30.1 Å². The lowest BCUT2D eigenvalue weighted by atomic mass is 10.3. The highest BCUT2D eigenvalue weighted by molar-refractivity contribution is 6.19. The van der Waals surface area contributed by atoms with Crippen LogP contribution in [-0.2, 0) is 4.74 Å². The minimum absolute atomic E-state index is 0.0762. The van der Waals surface area contributed by atoms with Gasteiger partial charge in [0.25, 0.3) is 0 Å². The van der Waals surface area contributed by atoms with Gasteiger partial charge in [0.15, 0.2) is 5.56 Å². The average molecular weight is 219 g/mol. The van der Waals surface area contributed by atoms with Gasteiger partial charge in [0.2, 0.25) is 0 Å². The van der Waals surface area contributed by atoms with E-state index in [1.807, 2.05) is 0 Å². The van der Waals surface area contributed by atoms with Gasteiger partial charge in [-0.1, -0.05) is 17.7 Å². The monoisotopic (exact) mass is 218 g/mol. The van der Waals surface area contributed by atoms with Gasteiger partial charge in [-0.25, -0.2) is 9.18 Å². The van der Waals surface area contributed by atoms with E-state index < -0.39 is 17.5 Å². The van der Waals surface area contributed by atoms with Crippen molar-refractivity contribution in [2.24, 2.45) is 0 Å². The molecule has 1 aromatic carbocycles. The zero-order valence-electron chi connectivity index (χ0n) is 7.37. The summed E-state index contributed by atoms with van der Waals surface area (Å²) in [6.45, 7) is 1.47. The van der Waals surface area contributed by atoms with Gasteiger partial charge in [0, 0.05) is 6.07 Å². The van der Waals surface area contributed by atoms with Crippen LogP contribution >= 0.6 is 11.6 Å². The molecule has 0 aromatic heterocycles. The summed E-state index contributed by atoms with van der Waals surface area (Å²) < 4.78 is 21.7.